The first-order valence-electron chi connectivity index (χ1n) is 3.57. The molecule has 0 bridgehead atoms. The van der Waals surface area contributed by atoms with Crippen LogP contribution in [0.25, 0.3) is 0 Å². The Hall–Kier alpha value is -1.02. The second-order valence-electron chi connectivity index (χ2n) is 2.55. The Bertz CT molecular complexity index is 308. The minimum Gasteiger partial charge on any atom is -0.508 e. The predicted molar refractivity (Wildman–Crippen MR) is 47.6 cm³/mol. The fourth-order valence-electron chi connectivity index (χ4n) is 0.978. The molecule has 0 spiro atoms. The molecular formula is C9H9ClO2. The molecule has 0 saturated carbocycles. The summed E-state index contributed by atoms with van der Waals surface area (Å²) >= 11 is 5.86. The Morgan fingerprint density at radius 2 is 2.25 bits per heavy atom. The summed E-state index contributed by atoms with van der Waals surface area (Å²) in [5.74, 6) is 0.162. The van der Waals surface area contributed by atoms with Gasteiger partial charge in [-0.15, -0.1) is 0 Å². The number of rotatable bonds is 2. The van der Waals surface area contributed by atoms with E-state index in [-0.39, 0.29) is 5.75 Å². The molecule has 0 amide bonds. The molecule has 0 heterocycles. The molecule has 1 aromatic carbocycles. The molecule has 2 nitrogen and oxygen atoms in total. The average molecular weight is 185 g/mol. The largest absolute Gasteiger partial charge is 0.508 e. The molecule has 3 heteroatoms. The van der Waals surface area contributed by atoms with Crippen molar-refractivity contribution in [1.29, 1.82) is 0 Å². The van der Waals surface area contributed by atoms with Crippen LogP contribution >= 0.6 is 11.6 Å². The lowest BCUT2D eigenvalue weighted by Gasteiger charge is -2.04. The van der Waals surface area contributed by atoms with Crippen molar-refractivity contribution in [3.63, 3.8) is 0 Å². The normalized spacial score (nSPS) is 9.83. The maximum absolute atomic E-state index is 10.2. The van der Waals surface area contributed by atoms with E-state index in [1.807, 2.05) is 0 Å². The molecule has 1 aromatic rings. The second-order valence-corrected chi connectivity index (χ2v) is 2.93. The number of carbonyl (C=O) groups excluding carboxylic acids is 1. The van der Waals surface area contributed by atoms with Crippen LogP contribution < -0.4 is 0 Å². The lowest BCUT2D eigenvalue weighted by atomic mass is 10.1. The second kappa shape index (κ2) is 3.59. The Morgan fingerprint density at radius 3 is 2.83 bits per heavy atom. The van der Waals surface area contributed by atoms with E-state index in [0.717, 1.165) is 11.8 Å². The maximum Gasteiger partial charge on any atom is 0.124 e. The predicted octanol–water partition coefficient (Wildman–Crippen LogP) is 2.10. The third kappa shape index (κ3) is 1.59. The third-order valence-electron chi connectivity index (χ3n) is 1.74. The molecule has 0 fully saturated rings. The van der Waals surface area contributed by atoms with Gasteiger partial charge >= 0.3 is 0 Å². The summed E-state index contributed by atoms with van der Waals surface area (Å²) in [5, 5.41) is 9.69. The van der Waals surface area contributed by atoms with Gasteiger partial charge in [0.25, 0.3) is 0 Å². The molecule has 0 aliphatic heterocycles. The molecule has 0 aromatic heterocycles. The smallest absolute Gasteiger partial charge is 0.124 e. The SMILES string of the molecule is Cc1c(O)ccc(CC=O)c1Cl. The van der Waals surface area contributed by atoms with E-state index in [1.54, 1.807) is 19.1 Å². The van der Waals surface area contributed by atoms with Gasteiger partial charge in [-0.05, 0) is 18.6 Å². The highest BCUT2D eigenvalue weighted by Gasteiger charge is 2.05. The van der Waals surface area contributed by atoms with E-state index in [2.05, 4.69) is 0 Å². The van der Waals surface area contributed by atoms with Crippen LogP contribution in [0.15, 0.2) is 12.1 Å². The van der Waals surface area contributed by atoms with Gasteiger partial charge in [0.2, 0.25) is 0 Å². The fraction of sp³-hybridized carbons (Fsp3) is 0.222. The van der Waals surface area contributed by atoms with Crippen molar-refractivity contribution in [3.8, 4) is 5.75 Å². The highest BCUT2D eigenvalue weighted by atomic mass is 35.5. The van der Waals surface area contributed by atoms with Crippen LogP contribution in [0.2, 0.25) is 5.02 Å². The lowest BCUT2D eigenvalue weighted by Crippen LogP contribution is -1.89. The average Bonchev–Trinajstić information content (AvgIpc) is 2.07. The fourth-order valence-corrected chi connectivity index (χ4v) is 1.22. The van der Waals surface area contributed by atoms with Crippen LogP contribution in [0, 0.1) is 6.92 Å². The summed E-state index contributed by atoms with van der Waals surface area (Å²) in [5.41, 5.74) is 1.37. The first-order valence-corrected chi connectivity index (χ1v) is 3.95. The molecule has 0 radical (unpaired) electrons. The molecule has 0 aliphatic rings. The maximum atomic E-state index is 10.2. The van der Waals surface area contributed by atoms with Gasteiger partial charge in [0.05, 0.1) is 5.02 Å². The van der Waals surface area contributed by atoms with Crippen LogP contribution in [0.4, 0.5) is 0 Å². The van der Waals surface area contributed by atoms with Gasteiger partial charge in [0.15, 0.2) is 0 Å². The number of benzene rings is 1. The number of aromatic hydroxyl groups is 1. The number of aldehydes is 1. The van der Waals surface area contributed by atoms with E-state index >= 15 is 0 Å². The van der Waals surface area contributed by atoms with Gasteiger partial charge < -0.3 is 9.90 Å². The van der Waals surface area contributed by atoms with E-state index in [1.165, 1.54) is 0 Å². The first kappa shape index (κ1) is 9.07. The Morgan fingerprint density at radius 1 is 1.58 bits per heavy atom. The quantitative estimate of drug-likeness (QED) is 0.715. The number of halogens is 1. The highest BCUT2D eigenvalue weighted by molar-refractivity contribution is 6.32. The number of hydrogen-bond acceptors (Lipinski definition) is 2. The van der Waals surface area contributed by atoms with Crippen molar-refractivity contribution in [3.05, 3.63) is 28.3 Å². The molecule has 0 saturated heterocycles. The molecule has 1 rings (SSSR count). The molecule has 0 unspecified atom stereocenters. The number of phenolic OH excluding ortho intramolecular Hbond substituents is 1. The standard InChI is InChI=1S/C9H9ClO2/c1-6-8(12)3-2-7(4-5-11)9(6)10/h2-3,5,12H,4H2,1H3. The monoisotopic (exact) mass is 184 g/mol. The lowest BCUT2D eigenvalue weighted by molar-refractivity contribution is -0.107. The van der Waals surface area contributed by atoms with E-state index < -0.39 is 0 Å². The molecule has 0 aliphatic carbocycles. The van der Waals surface area contributed by atoms with Crippen LogP contribution in [0.1, 0.15) is 11.1 Å². The zero-order valence-electron chi connectivity index (χ0n) is 6.67. The molecule has 0 atom stereocenters. The van der Waals surface area contributed by atoms with Gasteiger partial charge in [-0.3, -0.25) is 0 Å². The Labute approximate surface area is 75.8 Å². The molecule has 64 valence electrons. The molecular weight excluding hydrogens is 176 g/mol. The summed E-state index contributed by atoms with van der Waals surface area (Å²) in [6.45, 7) is 1.71. The van der Waals surface area contributed by atoms with E-state index in [4.69, 9.17) is 11.6 Å². The van der Waals surface area contributed by atoms with Crippen molar-refractivity contribution in [2.45, 2.75) is 13.3 Å². The summed E-state index contributed by atoms with van der Waals surface area (Å²) in [6, 6.07) is 3.19. The Kier molecular flexibility index (Phi) is 2.71. The van der Waals surface area contributed by atoms with Crippen molar-refractivity contribution in [2.75, 3.05) is 0 Å². The first-order chi connectivity index (χ1) is 5.66. The van der Waals surface area contributed by atoms with Gasteiger partial charge in [-0.2, -0.15) is 0 Å². The van der Waals surface area contributed by atoms with Crippen LogP contribution in [-0.2, 0) is 11.2 Å². The highest BCUT2D eigenvalue weighted by Crippen LogP contribution is 2.27. The zero-order chi connectivity index (χ0) is 9.14. The van der Waals surface area contributed by atoms with Crippen LogP contribution in [-0.4, -0.2) is 11.4 Å². The number of phenols is 1. The van der Waals surface area contributed by atoms with Crippen molar-refractivity contribution in [2.24, 2.45) is 0 Å². The summed E-state index contributed by atoms with van der Waals surface area (Å²) in [4.78, 5) is 10.2. The van der Waals surface area contributed by atoms with E-state index in [0.29, 0.717) is 17.0 Å². The van der Waals surface area contributed by atoms with Crippen molar-refractivity contribution < 1.29 is 9.90 Å². The zero-order valence-corrected chi connectivity index (χ0v) is 7.43. The van der Waals surface area contributed by atoms with Gasteiger partial charge in [0.1, 0.15) is 12.0 Å². The van der Waals surface area contributed by atoms with Gasteiger partial charge in [-0.1, -0.05) is 17.7 Å². The molecule has 12 heavy (non-hydrogen) atoms. The van der Waals surface area contributed by atoms with Crippen molar-refractivity contribution in [1.82, 2.24) is 0 Å². The Balaban J connectivity index is 3.16. The van der Waals surface area contributed by atoms with Crippen LogP contribution in [0.3, 0.4) is 0 Å². The molecule has 1 N–H and O–H groups in total. The van der Waals surface area contributed by atoms with Crippen molar-refractivity contribution >= 4 is 17.9 Å². The topological polar surface area (TPSA) is 37.3 Å². The third-order valence-corrected chi connectivity index (χ3v) is 2.27. The summed E-state index contributed by atoms with van der Waals surface area (Å²) < 4.78 is 0. The summed E-state index contributed by atoms with van der Waals surface area (Å²) in [7, 11) is 0. The minimum atomic E-state index is 0.162. The van der Waals surface area contributed by atoms with Gasteiger partial charge in [0, 0.05) is 12.0 Å². The van der Waals surface area contributed by atoms with E-state index in [9.17, 15) is 9.90 Å². The van der Waals surface area contributed by atoms with Gasteiger partial charge in [-0.25, -0.2) is 0 Å². The summed E-state index contributed by atoms with van der Waals surface area (Å²) in [6.07, 6.45) is 1.08. The number of carbonyl (C=O) groups is 1. The minimum absolute atomic E-state index is 0.162. The number of hydrogen-bond donors (Lipinski definition) is 1. The van der Waals surface area contributed by atoms with Crippen LogP contribution in [0.5, 0.6) is 5.75 Å².